The van der Waals surface area contributed by atoms with E-state index in [1.807, 2.05) is 18.2 Å². The first kappa shape index (κ1) is 59.5. The van der Waals surface area contributed by atoms with Crippen molar-refractivity contribution in [2.75, 3.05) is 6.54 Å². The van der Waals surface area contributed by atoms with Crippen LogP contribution in [0, 0.1) is 5.41 Å². The third-order valence-corrected chi connectivity index (χ3v) is 12.7. The summed E-state index contributed by atoms with van der Waals surface area (Å²) in [6.07, 6.45) is 0.372. The average Bonchev–Trinajstić information content (AvgIpc) is 3.83. The van der Waals surface area contributed by atoms with E-state index in [1.165, 1.54) is 6.92 Å². The second-order valence-electron chi connectivity index (χ2n) is 18.8. The number of ketones is 1. The maximum atomic E-state index is 14.8. The molecule has 1 heterocycles. The molecule has 408 valence electrons. The number of Topliss-reactive ketones (excluding diaryl/α,β-unsaturated/α-hetero) is 1. The predicted molar refractivity (Wildman–Crippen MR) is 288 cm³/mol. The molecule has 4 aromatic carbocycles. The summed E-state index contributed by atoms with van der Waals surface area (Å²) in [6.45, 7) is 1.49. The summed E-state index contributed by atoms with van der Waals surface area (Å²) in [5, 5.41) is 36.1. The van der Waals surface area contributed by atoms with E-state index in [0.717, 1.165) is 10.9 Å². The molecule has 0 aliphatic rings. The molecule has 21 heteroatoms. The van der Waals surface area contributed by atoms with Crippen LogP contribution < -0.4 is 49.1 Å². The summed E-state index contributed by atoms with van der Waals surface area (Å²) in [7, 11) is 0. The number of aromatic nitrogens is 1. The number of hydrogen-bond acceptors (Lipinski definition) is 13. The van der Waals surface area contributed by atoms with Crippen LogP contribution in [0.4, 0.5) is 0 Å². The number of hydrogen-bond donors (Lipinski definition) is 12. The van der Waals surface area contributed by atoms with Crippen molar-refractivity contribution >= 4 is 70.0 Å². The lowest BCUT2D eigenvalue weighted by molar-refractivity contribution is -0.136. The molecular formula is C56H69N11O10. The molecule has 8 atom stereocenters. The number of para-hydroxylation sites is 1. The van der Waals surface area contributed by atoms with Gasteiger partial charge in [-0.3, -0.25) is 38.4 Å². The Morgan fingerprint density at radius 1 is 0.597 bits per heavy atom. The molecule has 21 nitrogen and oxygen atoms in total. The molecule has 5 aromatic rings. The number of aliphatic hydroxyl groups excluding tert-OH is 1. The van der Waals surface area contributed by atoms with Crippen molar-refractivity contribution < 1.29 is 48.3 Å². The normalized spacial score (nSPS) is 14.2. The maximum absolute atomic E-state index is 14.8. The molecule has 7 amide bonds. The summed E-state index contributed by atoms with van der Waals surface area (Å²) in [5.74, 6) is -6.73. The van der Waals surface area contributed by atoms with Gasteiger partial charge in [-0.2, -0.15) is 0 Å². The van der Waals surface area contributed by atoms with E-state index < -0.39 is 108 Å². The highest BCUT2D eigenvalue weighted by Gasteiger charge is 2.36. The number of aldehydes is 1. The van der Waals surface area contributed by atoms with Crippen molar-refractivity contribution in [1.29, 1.82) is 5.41 Å². The van der Waals surface area contributed by atoms with Gasteiger partial charge < -0.3 is 69.4 Å². The van der Waals surface area contributed by atoms with Crippen LogP contribution in [-0.2, 0) is 68.8 Å². The molecule has 15 N–H and O–H groups in total. The monoisotopic (exact) mass is 1060 g/mol. The largest absolute Gasteiger partial charge is 0.391 e. The highest BCUT2D eigenvalue weighted by Crippen LogP contribution is 2.20. The first-order chi connectivity index (χ1) is 37.0. The number of nitrogens with one attached hydrogen (secondary N) is 8. The van der Waals surface area contributed by atoms with Gasteiger partial charge in [-0.15, -0.1) is 0 Å². The highest BCUT2D eigenvalue weighted by molar-refractivity contribution is 6.41. The number of benzene rings is 4. The third-order valence-electron chi connectivity index (χ3n) is 12.7. The molecular weight excluding hydrogens is 987 g/mol. The van der Waals surface area contributed by atoms with Crippen molar-refractivity contribution in [2.45, 2.75) is 120 Å². The maximum Gasteiger partial charge on any atom is 0.245 e. The number of aromatic amines is 1. The molecule has 0 saturated heterocycles. The van der Waals surface area contributed by atoms with E-state index in [1.54, 1.807) is 103 Å². The number of amides is 7. The Balaban J connectivity index is 1.45. The first-order valence-electron chi connectivity index (χ1n) is 25.4. The van der Waals surface area contributed by atoms with Crippen LogP contribution in [0.5, 0.6) is 0 Å². The summed E-state index contributed by atoms with van der Waals surface area (Å²) in [6, 6.07) is 23.5. The van der Waals surface area contributed by atoms with Gasteiger partial charge in [-0.25, -0.2) is 0 Å². The number of nitrogens with two attached hydrogens (primary N) is 3. The van der Waals surface area contributed by atoms with Crippen LogP contribution in [0.1, 0.15) is 67.7 Å². The van der Waals surface area contributed by atoms with Gasteiger partial charge in [-0.1, -0.05) is 109 Å². The number of carbonyl (C=O) groups is 9. The van der Waals surface area contributed by atoms with Crippen LogP contribution in [-0.4, -0.2) is 124 Å². The number of carbonyl (C=O) groups excluding carboxylic acids is 9. The number of aliphatic hydroxyl groups is 1. The van der Waals surface area contributed by atoms with Crippen molar-refractivity contribution in [3.8, 4) is 0 Å². The Morgan fingerprint density at radius 3 is 1.56 bits per heavy atom. The van der Waals surface area contributed by atoms with Gasteiger partial charge in [0.05, 0.1) is 30.3 Å². The molecule has 8 unspecified atom stereocenters. The Labute approximate surface area is 446 Å². The van der Waals surface area contributed by atoms with Gasteiger partial charge >= 0.3 is 0 Å². The van der Waals surface area contributed by atoms with Gasteiger partial charge in [0.15, 0.2) is 5.78 Å². The summed E-state index contributed by atoms with van der Waals surface area (Å²) >= 11 is 0. The Kier molecular flexibility index (Phi) is 23.3. The van der Waals surface area contributed by atoms with E-state index in [4.69, 9.17) is 22.6 Å². The van der Waals surface area contributed by atoms with Crippen molar-refractivity contribution in [3.05, 3.63) is 144 Å². The Morgan fingerprint density at radius 2 is 1.05 bits per heavy atom. The van der Waals surface area contributed by atoms with Crippen molar-refractivity contribution in [1.82, 2.24) is 36.9 Å². The zero-order valence-electron chi connectivity index (χ0n) is 42.9. The SMILES string of the molecule is CC(O)C(NC(=O)C(CCCCN)NC(=O)C(Cc1c[nH]c2ccccc12)NC(=O)C(Cc1ccccc1)NC(=O)C(Cc1ccccc1)NC(=O)C(N)CC(N)=O)C(=O)NC(Cc1ccccc1)C(=O)C(=N)CCC=O. The molecule has 77 heavy (non-hydrogen) atoms. The molecule has 0 radical (unpaired) electrons. The second kappa shape index (κ2) is 30.2. The van der Waals surface area contributed by atoms with Gasteiger partial charge in [0, 0.05) is 49.2 Å². The smallest absolute Gasteiger partial charge is 0.245 e. The summed E-state index contributed by atoms with van der Waals surface area (Å²) in [5.41, 5.74) is 19.9. The predicted octanol–water partition coefficient (Wildman–Crippen LogP) is 0.628. The fourth-order valence-corrected chi connectivity index (χ4v) is 8.53. The standard InChI is InChI=1S/C56H69N11O10/c1-34(69)49(56(77)63-44(28-35-16-5-2-6-17-35)50(71)40(58)23-15-27-68)67-52(73)43(25-13-14-26-57)62-55(76)47(31-38-33-61-42-24-12-11-22-39(38)42)66-54(75)46(30-37-20-9-4-10-21-37)65-53(74)45(29-36-18-7-3-8-19-36)64-51(72)41(59)32-48(60)70/h2-12,16-22,24,27,33-34,41,43-47,49,58,61,69H,13-15,23,25-26,28-32,57,59H2,1H3,(H2,60,70)(H,62,76)(H,63,77)(H,64,72)(H,65,74)(H,66,75)(H,67,73). The van der Waals surface area contributed by atoms with Gasteiger partial charge in [0.25, 0.3) is 0 Å². The molecule has 0 aliphatic carbocycles. The molecule has 0 spiro atoms. The minimum absolute atomic E-state index is 0.00992. The van der Waals surface area contributed by atoms with E-state index in [0.29, 0.717) is 41.4 Å². The lowest BCUT2D eigenvalue weighted by atomic mass is 9.97. The number of fused-ring (bicyclic) bond motifs is 1. The third kappa shape index (κ3) is 18.7. The van der Waals surface area contributed by atoms with Crippen LogP contribution in [0.2, 0.25) is 0 Å². The molecule has 0 bridgehead atoms. The fraction of sp³-hybridized carbons (Fsp3) is 0.357. The number of primary amides is 1. The minimum Gasteiger partial charge on any atom is -0.391 e. The van der Waals surface area contributed by atoms with Crippen LogP contribution in [0.3, 0.4) is 0 Å². The lowest BCUT2D eigenvalue weighted by Crippen LogP contribution is -2.61. The number of rotatable bonds is 32. The van der Waals surface area contributed by atoms with Gasteiger partial charge in [0.2, 0.25) is 41.4 Å². The van der Waals surface area contributed by atoms with Crippen LogP contribution >= 0.6 is 0 Å². The zero-order valence-corrected chi connectivity index (χ0v) is 42.9. The Bertz CT molecular complexity index is 2810. The lowest BCUT2D eigenvalue weighted by Gasteiger charge is -2.28. The van der Waals surface area contributed by atoms with Crippen molar-refractivity contribution in [3.63, 3.8) is 0 Å². The van der Waals surface area contributed by atoms with Gasteiger partial charge in [0.1, 0.15) is 36.5 Å². The second-order valence-corrected chi connectivity index (χ2v) is 18.8. The summed E-state index contributed by atoms with van der Waals surface area (Å²) in [4.78, 5) is 125. The first-order valence-corrected chi connectivity index (χ1v) is 25.4. The fourth-order valence-electron chi connectivity index (χ4n) is 8.53. The van der Waals surface area contributed by atoms with Gasteiger partial charge in [-0.05, 0) is 67.5 Å². The number of H-pyrrole nitrogens is 1. The summed E-state index contributed by atoms with van der Waals surface area (Å²) < 4.78 is 0. The quantitative estimate of drug-likeness (QED) is 0.0160. The number of unbranched alkanes of at least 4 members (excludes halogenated alkanes) is 1. The molecule has 0 aliphatic heterocycles. The van der Waals surface area contributed by atoms with E-state index >= 15 is 0 Å². The van der Waals surface area contributed by atoms with E-state index in [9.17, 15) is 48.3 Å². The van der Waals surface area contributed by atoms with Crippen LogP contribution in [0.25, 0.3) is 10.9 Å². The van der Waals surface area contributed by atoms with Crippen molar-refractivity contribution in [2.24, 2.45) is 17.2 Å². The zero-order chi connectivity index (χ0) is 55.9. The Hall–Kier alpha value is -8.40. The van der Waals surface area contributed by atoms with Crippen LogP contribution in [0.15, 0.2) is 121 Å². The average molecular weight is 1060 g/mol. The van der Waals surface area contributed by atoms with E-state index in [-0.39, 0.29) is 51.5 Å². The van der Waals surface area contributed by atoms with E-state index in [2.05, 4.69) is 36.9 Å². The topological polar surface area (TPSA) is 364 Å². The molecule has 0 fully saturated rings. The molecule has 5 rings (SSSR count). The molecule has 0 saturated carbocycles. The molecule has 1 aromatic heterocycles. The highest BCUT2D eigenvalue weighted by atomic mass is 16.3. The minimum atomic E-state index is -1.68.